The van der Waals surface area contributed by atoms with E-state index in [1.165, 1.54) is 12.1 Å². The molecule has 0 atom stereocenters. The normalized spacial score (nSPS) is 11.8. The average Bonchev–Trinajstić information content (AvgIpc) is 1.93. The fourth-order valence-electron chi connectivity index (χ4n) is 1.24. The number of hydrogen-bond donors (Lipinski definition) is 0. The summed E-state index contributed by atoms with van der Waals surface area (Å²) in [5, 5.41) is 0. The number of halogens is 2. The Kier molecular flexibility index (Phi) is 2.69. The standard InChI is InChI=1S/C11H14F2/c1-11(2,3)7-8-4-5-9(12)6-10(8)13/h4-6H,7H2,1-3H3. The van der Waals surface area contributed by atoms with Crippen LogP contribution in [0.4, 0.5) is 8.78 Å². The minimum atomic E-state index is -0.518. The molecule has 2 heteroatoms. The zero-order chi connectivity index (χ0) is 10.1. The van der Waals surface area contributed by atoms with E-state index in [0.717, 1.165) is 6.07 Å². The second-order valence-electron chi connectivity index (χ2n) is 4.47. The van der Waals surface area contributed by atoms with Gasteiger partial charge in [-0.2, -0.15) is 0 Å². The molecule has 1 rings (SSSR count). The Morgan fingerprint density at radius 1 is 1.15 bits per heavy atom. The minimum Gasteiger partial charge on any atom is -0.207 e. The second-order valence-corrected chi connectivity index (χ2v) is 4.47. The van der Waals surface area contributed by atoms with Gasteiger partial charge in [0, 0.05) is 6.07 Å². The molecule has 1 aromatic carbocycles. The third-order valence-corrected chi connectivity index (χ3v) is 1.74. The maximum Gasteiger partial charge on any atom is 0.129 e. The molecule has 0 aliphatic carbocycles. The van der Waals surface area contributed by atoms with Crippen LogP contribution < -0.4 is 0 Å². The van der Waals surface area contributed by atoms with E-state index >= 15 is 0 Å². The van der Waals surface area contributed by atoms with E-state index in [0.29, 0.717) is 12.0 Å². The van der Waals surface area contributed by atoms with E-state index in [2.05, 4.69) is 0 Å². The summed E-state index contributed by atoms with van der Waals surface area (Å²) < 4.78 is 25.7. The van der Waals surface area contributed by atoms with Crippen molar-refractivity contribution in [3.63, 3.8) is 0 Å². The van der Waals surface area contributed by atoms with Crippen molar-refractivity contribution in [2.45, 2.75) is 27.2 Å². The SMILES string of the molecule is CC(C)(C)Cc1ccc(F)cc1F. The molecule has 0 fully saturated rings. The Hall–Kier alpha value is -0.920. The molecule has 0 spiro atoms. The molecule has 0 aliphatic heterocycles. The van der Waals surface area contributed by atoms with Crippen LogP contribution >= 0.6 is 0 Å². The Balaban J connectivity index is 2.90. The van der Waals surface area contributed by atoms with Gasteiger partial charge in [0.15, 0.2) is 0 Å². The van der Waals surface area contributed by atoms with Gasteiger partial charge in [0.05, 0.1) is 0 Å². The van der Waals surface area contributed by atoms with E-state index in [1.54, 1.807) is 0 Å². The molecule has 0 heterocycles. The van der Waals surface area contributed by atoms with Gasteiger partial charge in [-0.05, 0) is 23.5 Å². The Morgan fingerprint density at radius 3 is 2.23 bits per heavy atom. The molecule has 0 radical (unpaired) electrons. The van der Waals surface area contributed by atoms with E-state index in [-0.39, 0.29) is 5.41 Å². The highest BCUT2D eigenvalue weighted by Crippen LogP contribution is 2.22. The van der Waals surface area contributed by atoms with E-state index in [4.69, 9.17) is 0 Å². The predicted molar refractivity (Wildman–Crippen MR) is 49.5 cm³/mol. The minimum absolute atomic E-state index is 0.0265. The lowest BCUT2D eigenvalue weighted by Crippen LogP contribution is -2.10. The molecule has 0 saturated carbocycles. The highest BCUT2D eigenvalue weighted by Gasteiger charge is 2.14. The van der Waals surface area contributed by atoms with Gasteiger partial charge in [0.25, 0.3) is 0 Å². The molecule has 13 heavy (non-hydrogen) atoms. The zero-order valence-electron chi connectivity index (χ0n) is 8.20. The molecule has 0 unspecified atom stereocenters. The molecule has 1 aromatic rings. The fraction of sp³-hybridized carbons (Fsp3) is 0.455. The van der Waals surface area contributed by atoms with Crippen LogP contribution in [0.2, 0.25) is 0 Å². The second kappa shape index (κ2) is 3.44. The molecule has 0 nitrogen and oxygen atoms in total. The first-order chi connectivity index (χ1) is 5.88. The predicted octanol–water partition coefficient (Wildman–Crippen LogP) is 3.55. The van der Waals surface area contributed by atoms with Crippen LogP contribution in [0.15, 0.2) is 18.2 Å². The summed E-state index contributed by atoms with van der Waals surface area (Å²) in [6.45, 7) is 6.07. The summed E-state index contributed by atoms with van der Waals surface area (Å²) in [4.78, 5) is 0. The third-order valence-electron chi connectivity index (χ3n) is 1.74. The van der Waals surface area contributed by atoms with E-state index in [9.17, 15) is 8.78 Å². The van der Waals surface area contributed by atoms with Crippen LogP contribution in [0.25, 0.3) is 0 Å². The summed E-state index contributed by atoms with van der Waals surface area (Å²) in [5.74, 6) is -0.968. The first kappa shape index (κ1) is 10.2. The van der Waals surface area contributed by atoms with E-state index < -0.39 is 11.6 Å². The van der Waals surface area contributed by atoms with Gasteiger partial charge in [0.2, 0.25) is 0 Å². The summed E-state index contributed by atoms with van der Waals surface area (Å²) in [7, 11) is 0. The summed E-state index contributed by atoms with van der Waals surface area (Å²) in [6.07, 6.45) is 0.624. The molecule has 0 aromatic heterocycles. The molecule has 0 saturated heterocycles. The van der Waals surface area contributed by atoms with Crippen molar-refractivity contribution < 1.29 is 8.78 Å². The topological polar surface area (TPSA) is 0 Å². The zero-order valence-corrected chi connectivity index (χ0v) is 8.20. The summed E-state index contributed by atoms with van der Waals surface area (Å²) in [6, 6.07) is 3.74. The Morgan fingerprint density at radius 2 is 1.77 bits per heavy atom. The number of rotatable bonds is 1. The molecule has 0 aliphatic rings. The van der Waals surface area contributed by atoms with Crippen molar-refractivity contribution in [2.75, 3.05) is 0 Å². The fourth-order valence-corrected chi connectivity index (χ4v) is 1.24. The maximum absolute atomic E-state index is 13.1. The lowest BCUT2D eigenvalue weighted by atomic mass is 9.88. The molecule has 0 bridgehead atoms. The Labute approximate surface area is 77.6 Å². The van der Waals surface area contributed by atoms with Gasteiger partial charge in [0.1, 0.15) is 11.6 Å². The first-order valence-electron chi connectivity index (χ1n) is 4.32. The van der Waals surface area contributed by atoms with Crippen LogP contribution in [0.1, 0.15) is 26.3 Å². The van der Waals surface area contributed by atoms with Crippen molar-refractivity contribution in [2.24, 2.45) is 5.41 Å². The van der Waals surface area contributed by atoms with Crippen molar-refractivity contribution >= 4 is 0 Å². The molecular formula is C11H14F2. The van der Waals surface area contributed by atoms with Crippen molar-refractivity contribution in [1.29, 1.82) is 0 Å². The van der Waals surface area contributed by atoms with Gasteiger partial charge in [-0.3, -0.25) is 0 Å². The summed E-state index contributed by atoms with van der Waals surface area (Å²) in [5.41, 5.74) is 0.604. The molecule has 72 valence electrons. The largest absolute Gasteiger partial charge is 0.207 e. The molecular weight excluding hydrogens is 170 g/mol. The van der Waals surface area contributed by atoms with Gasteiger partial charge in [-0.15, -0.1) is 0 Å². The van der Waals surface area contributed by atoms with Crippen LogP contribution in [0.3, 0.4) is 0 Å². The number of hydrogen-bond acceptors (Lipinski definition) is 0. The first-order valence-corrected chi connectivity index (χ1v) is 4.32. The van der Waals surface area contributed by atoms with Crippen molar-refractivity contribution in [3.05, 3.63) is 35.4 Å². The maximum atomic E-state index is 13.1. The highest BCUT2D eigenvalue weighted by atomic mass is 19.1. The lowest BCUT2D eigenvalue weighted by molar-refractivity contribution is 0.401. The van der Waals surface area contributed by atoms with Crippen LogP contribution in [-0.2, 0) is 6.42 Å². The number of benzene rings is 1. The van der Waals surface area contributed by atoms with Crippen molar-refractivity contribution in [3.8, 4) is 0 Å². The average molecular weight is 184 g/mol. The Bertz CT molecular complexity index is 297. The van der Waals surface area contributed by atoms with Gasteiger partial charge >= 0.3 is 0 Å². The van der Waals surface area contributed by atoms with Gasteiger partial charge in [-0.25, -0.2) is 8.78 Å². The smallest absolute Gasteiger partial charge is 0.129 e. The van der Waals surface area contributed by atoms with Crippen LogP contribution in [-0.4, -0.2) is 0 Å². The summed E-state index contributed by atoms with van der Waals surface area (Å²) >= 11 is 0. The lowest BCUT2D eigenvalue weighted by Gasteiger charge is -2.18. The van der Waals surface area contributed by atoms with Gasteiger partial charge < -0.3 is 0 Å². The third kappa shape index (κ3) is 3.13. The van der Waals surface area contributed by atoms with Crippen molar-refractivity contribution in [1.82, 2.24) is 0 Å². The van der Waals surface area contributed by atoms with Crippen LogP contribution in [0.5, 0.6) is 0 Å². The molecule has 0 amide bonds. The molecule has 0 N–H and O–H groups in total. The highest BCUT2D eigenvalue weighted by molar-refractivity contribution is 5.19. The quantitative estimate of drug-likeness (QED) is 0.626. The van der Waals surface area contributed by atoms with Crippen LogP contribution in [0, 0.1) is 17.0 Å². The monoisotopic (exact) mass is 184 g/mol. The van der Waals surface area contributed by atoms with Gasteiger partial charge in [-0.1, -0.05) is 26.8 Å². The van der Waals surface area contributed by atoms with E-state index in [1.807, 2.05) is 20.8 Å².